The quantitative estimate of drug-likeness (QED) is 0.862. The molecule has 18 heavy (non-hydrogen) atoms. The number of carbonyl (C=O) groups is 2. The van der Waals surface area contributed by atoms with Gasteiger partial charge >= 0.3 is 6.03 Å². The second kappa shape index (κ2) is 6.64. The third-order valence-corrected chi connectivity index (χ3v) is 2.58. The highest BCUT2D eigenvalue weighted by Crippen LogP contribution is 2.04. The molecule has 0 bridgehead atoms. The Morgan fingerprint density at radius 3 is 2.28 bits per heavy atom. The number of nitrogens with one attached hydrogen (secondary N) is 1. The smallest absolute Gasteiger partial charge is 0.320 e. The Balaban J connectivity index is 2.53. The van der Waals surface area contributed by atoms with E-state index in [1.54, 1.807) is 26.0 Å². The fourth-order valence-electron chi connectivity index (χ4n) is 1.58. The van der Waals surface area contributed by atoms with Gasteiger partial charge in [-0.1, -0.05) is 30.3 Å². The molecule has 0 aromatic heterocycles. The van der Waals surface area contributed by atoms with Gasteiger partial charge in [-0.3, -0.25) is 4.79 Å². The van der Waals surface area contributed by atoms with Crippen molar-refractivity contribution < 1.29 is 9.59 Å². The van der Waals surface area contributed by atoms with Crippen LogP contribution in [-0.4, -0.2) is 49.4 Å². The maximum absolute atomic E-state index is 12.0. The number of likely N-dealkylation sites (N-methyl/N-ethyl adjacent to an activating group) is 2. The molecule has 5 heteroatoms. The van der Waals surface area contributed by atoms with Gasteiger partial charge in [-0.15, -0.1) is 0 Å². The van der Waals surface area contributed by atoms with Crippen LogP contribution in [0.3, 0.4) is 0 Å². The molecule has 0 saturated heterocycles. The molecule has 0 fully saturated rings. The van der Waals surface area contributed by atoms with Crippen molar-refractivity contribution in [3.8, 4) is 0 Å². The number of urea groups is 1. The van der Waals surface area contributed by atoms with Crippen LogP contribution in [0, 0.1) is 0 Å². The van der Waals surface area contributed by atoms with Crippen LogP contribution >= 0.6 is 0 Å². The summed E-state index contributed by atoms with van der Waals surface area (Å²) in [6.07, 6.45) is 0. The first kappa shape index (κ1) is 14.0. The van der Waals surface area contributed by atoms with E-state index in [-0.39, 0.29) is 18.5 Å². The number of nitrogens with zero attached hydrogens (tertiary/aromatic N) is 2. The Labute approximate surface area is 107 Å². The monoisotopic (exact) mass is 249 g/mol. The number of carbonyl (C=O) groups excluding carboxylic acids is 2. The molecule has 5 nitrogen and oxygen atoms in total. The first-order chi connectivity index (χ1) is 8.54. The van der Waals surface area contributed by atoms with Gasteiger partial charge in [-0.2, -0.15) is 0 Å². The van der Waals surface area contributed by atoms with Crippen molar-refractivity contribution in [2.24, 2.45) is 0 Å². The minimum atomic E-state index is -0.182. The summed E-state index contributed by atoms with van der Waals surface area (Å²) in [4.78, 5) is 26.1. The van der Waals surface area contributed by atoms with Crippen LogP contribution in [0.2, 0.25) is 0 Å². The molecule has 1 N–H and O–H groups in total. The van der Waals surface area contributed by atoms with E-state index in [0.717, 1.165) is 5.56 Å². The number of rotatable bonds is 4. The Morgan fingerprint density at radius 2 is 1.72 bits per heavy atom. The van der Waals surface area contributed by atoms with Gasteiger partial charge in [0.2, 0.25) is 5.91 Å². The lowest BCUT2D eigenvalue weighted by molar-refractivity contribution is -0.121. The molecule has 0 aliphatic carbocycles. The van der Waals surface area contributed by atoms with E-state index >= 15 is 0 Å². The Bertz CT molecular complexity index is 406. The zero-order valence-corrected chi connectivity index (χ0v) is 11.0. The van der Waals surface area contributed by atoms with Gasteiger partial charge in [0.15, 0.2) is 0 Å². The van der Waals surface area contributed by atoms with E-state index in [9.17, 15) is 9.59 Å². The van der Waals surface area contributed by atoms with E-state index in [1.807, 2.05) is 30.3 Å². The minimum absolute atomic E-state index is 0.0640. The van der Waals surface area contributed by atoms with Crippen molar-refractivity contribution >= 4 is 11.9 Å². The summed E-state index contributed by atoms with van der Waals surface area (Å²) >= 11 is 0. The van der Waals surface area contributed by atoms with Crippen LogP contribution < -0.4 is 5.32 Å². The number of hydrogen-bond acceptors (Lipinski definition) is 2. The van der Waals surface area contributed by atoms with Gasteiger partial charge in [0.1, 0.15) is 6.54 Å². The highest BCUT2D eigenvalue weighted by molar-refractivity contribution is 5.83. The summed E-state index contributed by atoms with van der Waals surface area (Å²) in [5.41, 5.74) is 1.06. The van der Waals surface area contributed by atoms with Gasteiger partial charge in [0.25, 0.3) is 0 Å². The lowest BCUT2D eigenvalue weighted by atomic mass is 10.2. The fourth-order valence-corrected chi connectivity index (χ4v) is 1.58. The largest absolute Gasteiger partial charge is 0.358 e. The number of amides is 3. The van der Waals surface area contributed by atoms with Gasteiger partial charge in [0, 0.05) is 27.7 Å². The topological polar surface area (TPSA) is 52.7 Å². The Hall–Kier alpha value is -2.04. The number of benzene rings is 1. The second-order valence-electron chi connectivity index (χ2n) is 4.15. The van der Waals surface area contributed by atoms with E-state index in [0.29, 0.717) is 6.54 Å². The van der Waals surface area contributed by atoms with Gasteiger partial charge in [-0.05, 0) is 5.56 Å². The van der Waals surface area contributed by atoms with E-state index in [4.69, 9.17) is 0 Å². The lowest BCUT2D eigenvalue weighted by Gasteiger charge is -2.24. The molecule has 0 heterocycles. The summed E-state index contributed by atoms with van der Waals surface area (Å²) < 4.78 is 0. The second-order valence-corrected chi connectivity index (χ2v) is 4.15. The maximum atomic E-state index is 12.0. The Morgan fingerprint density at radius 1 is 1.11 bits per heavy atom. The molecular weight excluding hydrogens is 230 g/mol. The SMILES string of the molecule is CNC(=O)CN(C)C(=O)N(C)Cc1ccccc1. The molecule has 3 amide bonds. The van der Waals surface area contributed by atoms with Crippen LogP contribution in [0.4, 0.5) is 4.79 Å². The molecule has 0 aliphatic rings. The molecule has 1 aromatic rings. The predicted octanol–water partition coefficient (Wildman–Crippen LogP) is 0.916. The zero-order valence-electron chi connectivity index (χ0n) is 11.0. The van der Waals surface area contributed by atoms with Crippen LogP contribution in [0.1, 0.15) is 5.56 Å². The van der Waals surface area contributed by atoms with Crippen molar-refractivity contribution in [1.29, 1.82) is 0 Å². The van der Waals surface area contributed by atoms with Crippen LogP contribution in [0.25, 0.3) is 0 Å². The lowest BCUT2D eigenvalue weighted by Crippen LogP contribution is -2.43. The third-order valence-electron chi connectivity index (χ3n) is 2.58. The van der Waals surface area contributed by atoms with Crippen LogP contribution in [-0.2, 0) is 11.3 Å². The predicted molar refractivity (Wildman–Crippen MR) is 70.0 cm³/mol. The fraction of sp³-hybridized carbons (Fsp3) is 0.385. The van der Waals surface area contributed by atoms with Crippen molar-refractivity contribution in [3.05, 3.63) is 35.9 Å². The van der Waals surface area contributed by atoms with E-state index in [1.165, 1.54) is 4.90 Å². The summed E-state index contributed by atoms with van der Waals surface area (Å²) in [5, 5.41) is 2.49. The molecule has 1 rings (SSSR count). The van der Waals surface area contributed by atoms with Crippen molar-refractivity contribution in [2.75, 3.05) is 27.7 Å². The highest BCUT2D eigenvalue weighted by Gasteiger charge is 2.16. The number of hydrogen-bond donors (Lipinski definition) is 1. The molecule has 0 atom stereocenters. The van der Waals surface area contributed by atoms with E-state index < -0.39 is 0 Å². The zero-order chi connectivity index (χ0) is 13.5. The first-order valence-corrected chi connectivity index (χ1v) is 5.75. The van der Waals surface area contributed by atoms with Crippen LogP contribution in [0.5, 0.6) is 0 Å². The van der Waals surface area contributed by atoms with Crippen LogP contribution in [0.15, 0.2) is 30.3 Å². The highest BCUT2D eigenvalue weighted by atomic mass is 16.2. The third kappa shape index (κ3) is 4.08. The summed E-state index contributed by atoms with van der Waals surface area (Å²) in [6.45, 7) is 0.590. The maximum Gasteiger partial charge on any atom is 0.320 e. The van der Waals surface area contributed by atoms with Crippen molar-refractivity contribution in [1.82, 2.24) is 15.1 Å². The first-order valence-electron chi connectivity index (χ1n) is 5.75. The van der Waals surface area contributed by atoms with Gasteiger partial charge in [-0.25, -0.2) is 4.79 Å². The molecule has 98 valence electrons. The standard InChI is InChI=1S/C13H19N3O2/c1-14-12(17)10-16(3)13(18)15(2)9-11-7-5-4-6-8-11/h4-8H,9-10H2,1-3H3,(H,14,17). The van der Waals surface area contributed by atoms with Gasteiger partial charge in [0.05, 0.1) is 0 Å². The normalized spacial score (nSPS) is 9.72. The molecule has 1 aromatic carbocycles. The summed E-state index contributed by atoms with van der Waals surface area (Å²) in [6, 6.07) is 9.54. The molecule has 0 spiro atoms. The summed E-state index contributed by atoms with van der Waals surface area (Å²) in [5.74, 6) is -0.182. The van der Waals surface area contributed by atoms with E-state index in [2.05, 4.69) is 5.32 Å². The molecule has 0 aliphatic heterocycles. The van der Waals surface area contributed by atoms with Crippen molar-refractivity contribution in [2.45, 2.75) is 6.54 Å². The van der Waals surface area contributed by atoms with Crippen molar-refractivity contribution in [3.63, 3.8) is 0 Å². The van der Waals surface area contributed by atoms with Gasteiger partial charge < -0.3 is 15.1 Å². The molecule has 0 radical (unpaired) electrons. The average Bonchev–Trinajstić information content (AvgIpc) is 2.38. The molecular formula is C13H19N3O2. The molecule has 0 unspecified atom stereocenters. The average molecular weight is 249 g/mol. The minimum Gasteiger partial charge on any atom is -0.358 e. The summed E-state index contributed by atoms with van der Waals surface area (Å²) in [7, 11) is 4.88. The Kier molecular flexibility index (Phi) is 5.17. The molecule has 0 saturated carbocycles.